The summed E-state index contributed by atoms with van der Waals surface area (Å²) in [6.45, 7) is 1.80. The van der Waals surface area contributed by atoms with Crippen molar-refractivity contribution in [2.45, 2.75) is 44.6 Å². The van der Waals surface area contributed by atoms with E-state index in [1.165, 1.54) is 10.8 Å². The van der Waals surface area contributed by atoms with Crippen molar-refractivity contribution in [1.82, 2.24) is 9.55 Å². The SMILES string of the molecule is Cc1cn([C@H]2C[C@H](O)[C@@H](COCCCCF)O2)c(=O)[nH]c1=O. The third-order valence-electron chi connectivity index (χ3n) is 3.61. The molecule has 1 fully saturated rings. The Bertz CT molecular complexity index is 600. The summed E-state index contributed by atoms with van der Waals surface area (Å²) >= 11 is 0. The maximum atomic E-state index is 11.9. The molecule has 0 bridgehead atoms. The van der Waals surface area contributed by atoms with E-state index in [1.807, 2.05) is 0 Å². The molecule has 1 saturated heterocycles. The van der Waals surface area contributed by atoms with E-state index in [0.29, 0.717) is 25.0 Å². The van der Waals surface area contributed by atoms with Gasteiger partial charge in [-0.1, -0.05) is 0 Å². The molecule has 0 saturated carbocycles. The van der Waals surface area contributed by atoms with Gasteiger partial charge in [-0.2, -0.15) is 0 Å². The summed E-state index contributed by atoms with van der Waals surface area (Å²) in [5, 5.41) is 9.99. The van der Waals surface area contributed by atoms with E-state index < -0.39 is 29.7 Å². The standard InChI is InChI=1S/C14H21FN2O5/c1-9-7-17(14(20)16-13(9)19)12-6-10(18)11(22-12)8-21-5-3-2-4-15/h7,10-12,18H,2-6,8H2,1H3,(H,16,19,20)/t10-,11+,12+/m0/s1. The summed E-state index contributed by atoms with van der Waals surface area (Å²) in [5.74, 6) is 0. The molecule has 7 nitrogen and oxygen atoms in total. The highest BCUT2D eigenvalue weighted by atomic mass is 19.1. The van der Waals surface area contributed by atoms with Gasteiger partial charge in [0.2, 0.25) is 0 Å². The van der Waals surface area contributed by atoms with Crippen LogP contribution in [0.15, 0.2) is 15.8 Å². The number of nitrogens with zero attached hydrogens (tertiary/aromatic N) is 1. The molecule has 0 unspecified atom stereocenters. The van der Waals surface area contributed by atoms with Gasteiger partial charge in [0.25, 0.3) is 5.56 Å². The van der Waals surface area contributed by atoms with Crippen LogP contribution in [0, 0.1) is 6.92 Å². The van der Waals surface area contributed by atoms with Crippen molar-refractivity contribution in [2.75, 3.05) is 19.9 Å². The first-order chi connectivity index (χ1) is 10.5. The summed E-state index contributed by atoms with van der Waals surface area (Å²) in [6.07, 6.45) is 0.772. The van der Waals surface area contributed by atoms with Crippen LogP contribution in [0.4, 0.5) is 4.39 Å². The quantitative estimate of drug-likeness (QED) is 0.704. The van der Waals surface area contributed by atoms with Crippen LogP contribution in [0.3, 0.4) is 0 Å². The smallest absolute Gasteiger partial charge is 0.330 e. The topological polar surface area (TPSA) is 93.6 Å². The van der Waals surface area contributed by atoms with Crippen molar-refractivity contribution in [1.29, 1.82) is 0 Å². The normalized spacial score (nSPS) is 24.8. The van der Waals surface area contributed by atoms with Crippen molar-refractivity contribution in [3.05, 3.63) is 32.6 Å². The monoisotopic (exact) mass is 316 g/mol. The molecular formula is C14H21FN2O5. The summed E-state index contributed by atoms with van der Waals surface area (Å²) in [6, 6.07) is 0. The number of aliphatic hydroxyl groups is 1. The molecule has 2 rings (SSSR count). The predicted octanol–water partition coefficient (Wildman–Crippen LogP) is 0.260. The number of aryl methyl sites for hydroxylation is 1. The Balaban J connectivity index is 1.94. The molecule has 8 heteroatoms. The lowest BCUT2D eigenvalue weighted by molar-refractivity contribution is -0.0639. The van der Waals surface area contributed by atoms with Crippen LogP contribution in [0.2, 0.25) is 0 Å². The van der Waals surface area contributed by atoms with Crippen LogP contribution in [0.1, 0.15) is 31.1 Å². The number of aromatic amines is 1. The largest absolute Gasteiger partial charge is 0.390 e. The molecule has 1 aliphatic heterocycles. The number of halogens is 1. The van der Waals surface area contributed by atoms with Gasteiger partial charge >= 0.3 is 5.69 Å². The number of H-pyrrole nitrogens is 1. The average Bonchev–Trinajstić information content (AvgIpc) is 2.84. The summed E-state index contributed by atoms with van der Waals surface area (Å²) in [5.41, 5.74) is -0.617. The second-order valence-corrected chi connectivity index (χ2v) is 5.38. The highest BCUT2D eigenvalue weighted by molar-refractivity contribution is 5.02. The molecule has 0 radical (unpaired) electrons. The molecule has 1 aromatic heterocycles. The number of ether oxygens (including phenoxy) is 2. The van der Waals surface area contributed by atoms with Gasteiger partial charge in [0.15, 0.2) is 0 Å². The van der Waals surface area contributed by atoms with E-state index in [1.54, 1.807) is 6.92 Å². The second kappa shape index (κ2) is 7.66. The zero-order valence-electron chi connectivity index (χ0n) is 12.5. The molecule has 0 aliphatic carbocycles. The third-order valence-corrected chi connectivity index (χ3v) is 3.61. The number of alkyl halides is 1. The molecule has 22 heavy (non-hydrogen) atoms. The van der Waals surface area contributed by atoms with Crippen LogP contribution >= 0.6 is 0 Å². The molecule has 1 aliphatic rings. The lowest BCUT2D eigenvalue weighted by Crippen LogP contribution is -2.33. The van der Waals surface area contributed by atoms with Gasteiger partial charge in [-0.25, -0.2) is 4.79 Å². The molecular weight excluding hydrogens is 295 g/mol. The van der Waals surface area contributed by atoms with E-state index in [4.69, 9.17) is 9.47 Å². The number of hydrogen-bond donors (Lipinski definition) is 2. The van der Waals surface area contributed by atoms with E-state index in [0.717, 1.165) is 0 Å². The Kier molecular flexibility index (Phi) is 5.87. The van der Waals surface area contributed by atoms with Gasteiger partial charge in [0, 0.05) is 24.8 Å². The Hall–Kier alpha value is -1.51. The summed E-state index contributed by atoms with van der Waals surface area (Å²) in [7, 11) is 0. The summed E-state index contributed by atoms with van der Waals surface area (Å²) in [4.78, 5) is 25.4. The van der Waals surface area contributed by atoms with Crippen LogP contribution in [-0.4, -0.2) is 46.8 Å². The molecule has 124 valence electrons. The molecule has 1 aromatic rings. The molecule has 0 aromatic carbocycles. The van der Waals surface area contributed by atoms with Gasteiger partial charge in [-0.3, -0.25) is 18.7 Å². The Morgan fingerprint density at radius 1 is 1.50 bits per heavy atom. The van der Waals surface area contributed by atoms with E-state index in [2.05, 4.69) is 4.98 Å². The van der Waals surface area contributed by atoms with Crippen molar-refractivity contribution < 1.29 is 19.0 Å². The fourth-order valence-electron chi connectivity index (χ4n) is 2.33. The molecule has 0 spiro atoms. The van der Waals surface area contributed by atoms with Crippen LogP contribution < -0.4 is 11.2 Å². The average molecular weight is 316 g/mol. The number of nitrogens with one attached hydrogen (secondary N) is 1. The zero-order chi connectivity index (χ0) is 16.1. The van der Waals surface area contributed by atoms with Gasteiger partial charge in [0.05, 0.1) is 19.4 Å². The van der Waals surface area contributed by atoms with E-state index >= 15 is 0 Å². The number of aromatic nitrogens is 2. The lowest BCUT2D eigenvalue weighted by Gasteiger charge is -2.16. The first-order valence-electron chi connectivity index (χ1n) is 7.32. The van der Waals surface area contributed by atoms with Gasteiger partial charge in [-0.15, -0.1) is 0 Å². The fraction of sp³-hybridized carbons (Fsp3) is 0.714. The minimum Gasteiger partial charge on any atom is -0.390 e. The van der Waals surface area contributed by atoms with Crippen molar-refractivity contribution >= 4 is 0 Å². The number of hydrogen-bond acceptors (Lipinski definition) is 5. The molecule has 2 N–H and O–H groups in total. The van der Waals surface area contributed by atoms with Crippen LogP contribution in [-0.2, 0) is 9.47 Å². The van der Waals surface area contributed by atoms with Gasteiger partial charge < -0.3 is 14.6 Å². The highest BCUT2D eigenvalue weighted by Crippen LogP contribution is 2.27. The number of rotatable bonds is 7. The minimum atomic E-state index is -0.759. The Labute approximate surface area is 126 Å². The number of aliphatic hydroxyl groups excluding tert-OH is 1. The summed E-state index contributed by atoms with van der Waals surface area (Å²) < 4.78 is 24.2. The second-order valence-electron chi connectivity index (χ2n) is 5.38. The van der Waals surface area contributed by atoms with Crippen molar-refractivity contribution in [2.24, 2.45) is 0 Å². The molecule has 2 heterocycles. The van der Waals surface area contributed by atoms with Crippen LogP contribution in [0.5, 0.6) is 0 Å². The zero-order valence-corrected chi connectivity index (χ0v) is 12.5. The van der Waals surface area contributed by atoms with E-state index in [9.17, 15) is 19.1 Å². The van der Waals surface area contributed by atoms with Crippen LogP contribution in [0.25, 0.3) is 0 Å². The first kappa shape index (κ1) is 16.9. The molecule has 3 atom stereocenters. The van der Waals surface area contributed by atoms with Crippen molar-refractivity contribution in [3.63, 3.8) is 0 Å². The fourth-order valence-corrected chi connectivity index (χ4v) is 2.33. The maximum absolute atomic E-state index is 11.9. The Morgan fingerprint density at radius 3 is 3.00 bits per heavy atom. The third kappa shape index (κ3) is 4.02. The molecule has 0 amide bonds. The van der Waals surface area contributed by atoms with E-state index in [-0.39, 0.29) is 19.7 Å². The minimum absolute atomic E-state index is 0.182. The lowest BCUT2D eigenvalue weighted by atomic mass is 10.2. The van der Waals surface area contributed by atoms with Gasteiger partial charge in [-0.05, 0) is 19.8 Å². The van der Waals surface area contributed by atoms with Crippen molar-refractivity contribution in [3.8, 4) is 0 Å². The predicted molar refractivity (Wildman–Crippen MR) is 76.6 cm³/mol. The highest BCUT2D eigenvalue weighted by Gasteiger charge is 2.35. The number of unbranched alkanes of at least 4 members (excludes halogenated alkanes) is 1. The van der Waals surface area contributed by atoms with Gasteiger partial charge in [0.1, 0.15) is 12.3 Å². The first-order valence-corrected chi connectivity index (χ1v) is 7.32. The maximum Gasteiger partial charge on any atom is 0.330 e. The Morgan fingerprint density at radius 2 is 2.27 bits per heavy atom.